The fourth-order valence-electron chi connectivity index (χ4n) is 1.40. The number of para-hydroxylation sites is 1. The largest absolute Gasteiger partial charge is 0.383 e. The Balaban J connectivity index is 0.00000289. The number of carbonyl (C=O) groups excluding carboxylic acids is 1. The van der Waals surface area contributed by atoms with E-state index in [0.29, 0.717) is 12.3 Å². The minimum Gasteiger partial charge on any atom is -0.383 e. The second-order valence-corrected chi connectivity index (χ2v) is 3.64. The lowest BCUT2D eigenvalue weighted by Crippen LogP contribution is -2.39. The third-order valence-electron chi connectivity index (χ3n) is 2.26. The number of halogens is 1. The van der Waals surface area contributed by atoms with Gasteiger partial charge < -0.3 is 20.5 Å². The lowest BCUT2D eigenvalue weighted by Gasteiger charge is -2.13. The zero-order valence-corrected chi connectivity index (χ0v) is 11.3. The summed E-state index contributed by atoms with van der Waals surface area (Å²) in [5.41, 5.74) is 7.26. The molecule has 0 fully saturated rings. The summed E-state index contributed by atoms with van der Waals surface area (Å²) in [5.74, 6) is -0.268. The number of benzene rings is 1. The van der Waals surface area contributed by atoms with Gasteiger partial charge >= 0.3 is 0 Å². The van der Waals surface area contributed by atoms with Crippen molar-refractivity contribution in [2.45, 2.75) is 12.6 Å². The monoisotopic (exact) mass is 274 g/mol. The summed E-state index contributed by atoms with van der Waals surface area (Å²) < 4.78 is 9.88. The molecule has 3 N–H and O–H groups in total. The maximum absolute atomic E-state index is 11.7. The Kier molecular flexibility index (Phi) is 8.32. The molecule has 0 aliphatic rings. The van der Waals surface area contributed by atoms with Crippen molar-refractivity contribution in [2.24, 2.45) is 5.73 Å². The Labute approximate surface area is 113 Å². The molecule has 0 spiro atoms. The van der Waals surface area contributed by atoms with E-state index < -0.39 is 6.04 Å². The van der Waals surface area contributed by atoms with Crippen LogP contribution in [-0.4, -0.2) is 32.8 Å². The lowest BCUT2D eigenvalue weighted by molar-refractivity contribution is -0.118. The van der Waals surface area contributed by atoms with Gasteiger partial charge in [0, 0.05) is 25.5 Å². The molecule has 1 amide bonds. The Morgan fingerprint density at radius 3 is 2.61 bits per heavy atom. The number of methoxy groups -OCH3 is 2. The van der Waals surface area contributed by atoms with Crippen LogP contribution in [0.25, 0.3) is 0 Å². The average molecular weight is 275 g/mol. The molecule has 1 rings (SSSR count). The lowest BCUT2D eigenvalue weighted by atomic mass is 10.2. The number of nitrogens with one attached hydrogen (secondary N) is 1. The third-order valence-corrected chi connectivity index (χ3v) is 2.26. The molecule has 0 saturated heterocycles. The van der Waals surface area contributed by atoms with Gasteiger partial charge in [0.1, 0.15) is 6.04 Å². The molecule has 0 radical (unpaired) electrons. The highest BCUT2D eigenvalue weighted by Gasteiger charge is 2.14. The summed E-state index contributed by atoms with van der Waals surface area (Å²) in [6.07, 6.45) is 0. The first-order valence-electron chi connectivity index (χ1n) is 5.31. The predicted octanol–water partition coefficient (Wildman–Crippen LogP) is 1.17. The molecule has 5 nitrogen and oxygen atoms in total. The Morgan fingerprint density at radius 1 is 1.33 bits per heavy atom. The number of ether oxygens (including phenoxy) is 2. The topological polar surface area (TPSA) is 73.6 Å². The van der Waals surface area contributed by atoms with Gasteiger partial charge in [0.05, 0.1) is 13.2 Å². The molecule has 1 aromatic carbocycles. The van der Waals surface area contributed by atoms with Gasteiger partial charge in [-0.2, -0.15) is 0 Å². The number of hydrogen-bond donors (Lipinski definition) is 2. The van der Waals surface area contributed by atoms with Gasteiger partial charge in [-0.3, -0.25) is 4.79 Å². The second kappa shape index (κ2) is 8.88. The molecule has 0 aromatic heterocycles. The molecule has 6 heteroatoms. The van der Waals surface area contributed by atoms with Gasteiger partial charge in [-0.1, -0.05) is 18.2 Å². The van der Waals surface area contributed by atoms with Crippen molar-refractivity contribution in [3.63, 3.8) is 0 Å². The fourth-order valence-corrected chi connectivity index (χ4v) is 1.40. The van der Waals surface area contributed by atoms with E-state index in [0.717, 1.165) is 5.56 Å². The van der Waals surface area contributed by atoms with Gasteiger partial charge in [0.25, 0.3) is 0 Å². The van der Waals surface area contributed by atoms with Crippen molar-refractivity contribution in [2.75, 3.05) is 26.1 Å². The van der Waals surface area contributed by atoms with Crippen LogP contribution in [0.3, 0.4) is 0 Å². The van der Waals surface area contributed by atoms with Gasteiger partial charge in [-0.25, -0.2) is 0 Å². The molecule has 0 aliphatic carbocycles. The Morgan fingerprint density at radius 2 is 2.00 bits per heavy atom. The van der Waals surface area contributed by atoms with Gasteiger partial charge in [-0.15, -0.1) is 12.4 Å². The van der Waals surface area contributed by atoms with Crippen LogP contribution in [0, 0.1) is 0 Å². The minimum absolute atomic E-state index is 0. The molecule has 0 bridgehead atoms. The first kappa shape index (κ1) is 16.9. The van der Waals surface area contributed by atoms with Crippen LogP contribution in [0.2, 0.25) is 0 Å². The van der Waals surface area contributed by atoms with Crippen molar-refractivity contribution in [3.8, 4) is 0 Å². The van der Waals surface area contributed by atoms with Gasteiger partial charge in [-0.05, 0) is 6.07 Å². The summed E-state index contributed by atoms with van der Waals surface area (Å²) in [6, 6.07) is 6.76. The van der Waals surface area contributed by atoms with Crippen molar-refractivity contribution in [3.05, 3.63) is 29.8 Å². The molecule has 102 valence electrons. The zero-order chi connectivity index (χ0) is 12.7. The molecule has 1 unspecified atom stereocenters. The summed E-state index contributed by atoms with van der Waals surface area (Å²) >= 11 is 0. The van der Waals surface area contributed by atoms with Crippen LogP contribution in [-0.2, 0) is 20.9 Å². The number of nitrogens with two attached hydrogens (primary N) is 1. The minimum atomic E-state index is -0.671. The van der Waals surface area contributed by atoms with Crippen molar-refractivity contribution >= 4 is 24.0 Å². The van der Waals surface area contributed by atoms with E-state index in [4.69, 9.17) is 15.2 Å². The zero-order valence-electron chi connectivity index (χ0n) is 10.5. The van der Waals surface area contributed by atoms with E-state index in [1.54, 1.807) is 7.11 Å². The van der Waals surface area contributed by atoms with E-state index in [9.17, 15) is 4.79 Å². The number of hydrogen-bond acceptors (Lipinski definition) is 4. The quantitative estimate of drug-likeness (QED) is 0.817. The molecular weight excluding hydrogens is 256 g/mol. The second-order valence-electron chi connectivity index (χ2n) is 3.64. The first-order valence-corrected chi connectivity index (χ1v) is 5.31. The van der Waals surface area contributed by atoms with E-state index in [1.807, 2.05) is 24.3 Å². The Bertz CT molecular complexity index is 374. The highest BCUT2D eigenvalue weighted by Crippen LogP contribution is 2.15. The fraction of sp³-hybridized carbons (Fsp3) is 0.417. The van der Waals surface area contributed by atoms with Crippen LogP contribution in [0.1, 0.15) is 5.56 Å². The van der Waals surface area contributed by atoms with Crippen LogP contribution < -0.4 is 11.1 Å². The molecular formula is C12H19ClN2O3. The average Bonchev–Trinajstić information content (AvgIpc) is 2.32. The van der Waals surface area contributed by atoms with Gasteiger partial charge in [0.2, 0.25) is 5.91 Å². The van der Waals surface area contributed by atoms with Crippen LogP contribution in [0.5, 0.6) is 0 Å². The third kappa shape index (κ3) is 5.01. The summed E-state index contributed by atoms with van der Waals surface area (Å²) in [4.78, 5) is 11.7. The van der Waals surface area contributed by atoms with Gasteiger partial charge in [0.15, 0.2) is 0 Å². The molecule has 0 heterocycles. The van der Waals surface area contributed by atoms with E-state index in [2.05, 4.69) is 5.32 Å². The van der Waals surface area contributed by atoms with Crippen LogP contribution in [0.15, 0.2) is 24.3 Å². The molecule has 1 atom stereocenters. The Hall–Kier alpha value is -1.14. The number of rotatable bonds is 6. The number of anilines is 1. The predicted molar refractivity (Wildman–Crippen MR) is 72.9 cm³/mol. The molecule has 1 aromatic rings. The van der Waals surface area contributed by atoms with Crippen LogP contribution >= 0.6 is 12.4 Å². The highest BCUT2D eigenvalue weighted by molar-refractivity contribution is 5.95. The maximum Gasteiger partial charge on any atom is 0.243 e. The molecule has 0 saturated carbocycles. The SMILES string of the molecule is COCc1ccccc1NC(=O)C(N)COC.Cl. The first-order chi connectivity index (χ1) is 8.19. The molecule has 18 heavy (non-hydrogen) atoms. The number of carbonyl (C=O) groups is 1. The summed E-state index contributed by atoms with van der Waals surface area (Å²) in [6.45, 7) is 0.633. The van der Waals surface area contributed by atoms with Crippen molar-refractivity contribution < 1.29 is 14.3 Å². The maximum atomic E-state index is 11.7. The van der Waals surface area contributed by atoms with E-state index in [-0.39, 0.29) is 24.9 Å². The summed E-state index contributed by atoms with van der Waals surface area (Å²) in [7, 11) is 3.11. The number of amides is 1. The molecule has 0 aliphatic heterocycles. The van der Waals surface area contributed by atoms with E-state index >= 15 is 0 Å². The van der Waals surface area contributed by atoms with Crippen molar-refractivity contribution in [1.29, 1.82) is 0 Å². The standard InChI is InChI=1S/C12H18N2O3.ClH/c1-16-7-9-5-3-4-6-11(9)14-12(15)10(13)8-17-2;/h3-6,10H,7-8,13H2,1-2H3,(H,14,15);1H. The highest BCUT2D eigenvalue weighted by atomic mass is 35.5. The smallest absolute Gasteiger partial charge is 0.243 e. The summed E-state index contributed by atoms with van der Waals surface area (Å²) in [5, 5.41) is 2.76. The van der Waals surface area contributed by atoms with Crippen LogP contribution in [0.4, 0.5) is 5.69 Å². The van der Waals surface area contributed by atoms with E-state index in [1.165, 1.54) is 7.11 Å². The van der Waals surface area contributed by atoms with Crippen molar-refractivity contribution in [1.82, 2.24) is 0 Å². The normalized spacial score (nSPS) is 11.5.